The molecule has 3 nitrogen and oxygen atoms in total. The molecule has 0 spiro atoms. The minimum absolute atomic E-state index is 0.567. The van der Waals surface area contributed by atoms with Gasteiger partial charge in [-0.05, 0) is 28.9 Å². The van der Waals surface area contributed by atoms with Gasteiger partial charge in [0.1, 0.15) is 5.75 Å². The number of carboxylic acids is 1. The molecule has 0 saturated carbocycles. The second-order valence-electron chi connectivity index (χ2n) is 2.92. The molecule has 14 heavy (non-hydrogen) atoms. The van der Waals surface area contributed by atoms with E-state index in [1.54, 1.807) is 19.1 Å². The summed E-state index contributed by atoms with van der Waals surface area (Å²) in [5.74, 6) is -0.841. The fraction of sp³-hybridized carbons (Fsp3) is 0.300. The molecule has 1 atom stereocenters. The molecule has 0 heterocycles. The first-order valence-corrected chi connectivity index (χ1v) is 4.92. The molecule has 0 aliphatic heterocycles. The summed E-state index contributed by atoms with van der Waals surface area (Å²) < 4.78 is 5.91. The van der Waals surface area contributed by atoms with E-state index in [1.807, 2.05) is 6.07 Å². The van der Waals surface area contributed by atoms with Gasteiger partial charge in [-0.1, -0.05) is 12.1 Å². The minimum Gasteiger partial charge on any atom is -0.495 e. The number of methoxy groups -OCH3 is 1. The lowest BCUT2D eigenvalue weighted by molar-refractivity contribution is -0.138. The average Bonchev–Trinajstić information content (AvgIpc) is 2.16. The maximum atomic E-state index is 10.8. The van der Waals surface area contributed by atoms with Gasteiger partial charge in [0, 0.05) is 5.56 Å². The summed E-state index contributed by atoms with van der Waals surface area (Å²) in [6.07, 6.45) is 0. The highest BCUT2D eigenvalue weighted by Gasteiger charge is 2.19. The van der Waals surface area contributed by atoms with E-state index >= 15 is 0 Å². The number of carbonyl (C=O) groups is 1. The summed E-state index contributed by atoms with van der Waals surface area (Å²) in [6.45, 7) is 1.63. The molecule has 1 aromatic rings. The van der Waals surface area contributed by atoms with Crippen molar-refractivity contribution in [1.29, 1.82) is 0 Å². The summed E-state index contributed by atoms with van der Waals surface area (Å²) in [5.41, 5.74) is 0.675. The number of ether oxygens (including phenoxy) is 1. The van der Waals surface area contributed by atoms with E-state index in [4.69, 9.17) is 9.84 Å². The standard InChI is InChI=1S/C10H11BrO3/c1-6(10(12)13)7-4-3-5-8(11)9(7)14-2/h3-6H,1-2H3,(H,12,13). The first-order chi connectivity index (χ1) is 6.57. The number of halogens is 1. The number of aliphatic carboxylic acids is 1. The Labute approximate surface area is 90.8 Å². The van der Waals surface area contributed by atoms with Crippen molar-refractivity contribution in [1.82, 2.24) is 0 Å². The van der Waals surface area contributed by atoms with Crippen LogP contribution in [-0.2, 0) is 4.79 Å². The van der Waals surface area contributed by atoms with Gasteiger partial charge in [0.05, 0.1) is 17.5 Å². The predicted molar refractivity (Wildman–Crippen MR) is 56.7 cm³/mol. The Morgan fingerprint density at radius 2 is 2.21 bits per heavy atom. The zero-order valence-electron chi connectivity index (χ0n) is 7.95. The topological polar surface area (TPSA) is 46.5 Å². The first kappa shape index (κ1) is 11.0. The van der Waals surface area contributed by atoms with E-state index in [0.717, 1.165) is 4.47 Å². The third-order valence-corrected chi connectivity index (χ3v) is 2.66. The van der Waals surface area contributed by atoms with Crippen LogP contribution in [0.1, 0.15) is 18.4 Å². The Bertz CT molecular complexity index is 349. The molecule has 0 aliphatic carbocycles. The highest BCUT2D eigenvalue weighted by atomic mass is 79.9. The number of benzene rings is 1. The maximum absolute atomic E-state index is 10.8. The van der Waals surface area contributed by atoms with Crippen LogP contribution in [0.5, 0.6) is 5.75 Å². The molecular formula is C10H11BrO3. The quantitative estimate of drug-likeness (QED) is 0.907. The molecule has 1 rings (SSSR count). The van der Waals surface area contributed by atoms with Crippen molar-refractivity contribution in [2.24, 2.45) is 0 Å². The van der Waals surface area contributed by atoms with Gasteiger partial charge in [0.2, 0.25) is 0 Å². The largest absolute Gasteiger partial charge is 0.495 e. The van der Waals surface area contributed by atoms with Crippen molar-refractivity contribution in [3.05, 3.63) is 28.2 Å². The monoisotopic (exact) mass is 258 g/mol. The van der Waals surface area contributed by atoms with E-state index in [-0.39, 0.29) is 0 Å². The van der Waals surface area contributed by atoms with Crippen molar-refractivity contribution in [3.8, 4) is 5.75 Å². The van der Waals surface area contributed by atoms with Gasteiger partial charge in [-0.3, -0.25) is 4.79 Å². The van der Waals surface area contributed by atoms with Crippen molar-refractivity contribution in [2.75, 3.05) is 7.11 Å². The third kappa shape index (κ3) is 2.07. The van der Waals surface area contributed by atoms with Crippen LogP contribution >= 0.6 is 15.9 Å². The van der Waals surface area contributed by atoms with Gasteiger partial charge in [0.25, 0.3) is 0 Å². The molecule has 0 fully saturated rings. The molecule has 76 valence electrons. The Kier molecular flexibility index (Phi) is 3.52. The van der Waals surface area contributed by atoms with Crippen LogP contribution in [0, 0.1) is 0 Å². The fourth-order valence-electron chi connectivity index (χ4n) is 1.21. The van der Waals surface area contributed by atoms with Gasteiger partial charge >= 0.3 is 5.97 Å². The van der Waals surface area contributed by atoms with E-state index < -0.39 is 11.9 Å². The molecule has 0 amide bonds. The van der Waals surface area contributed by atoms with Crippen molar-refractivity contribution < 1.29 is 14.6 Å². The summed E-state index contributed by atoms with van der Waals surface area (Å²) in [5, 5.41) is 8.88. The van der Waals surface area contributed by atoms with Crippen molar-refractivity contribution >= 4 is 21.9 Å². The summed E-state index contributed by atoms with van der Waals surface area (Å²) in [6, 6.07) is 5.36. The van der Waals surface area contributed by atoms with Crippen LogP contribution in [0.3, 0.4) is 0 Å². The average molecular weight is 259 g/mol. The molecule has 0 bridgehead atoms. The number of hydrogen-bond donors (Lipinski definition) is 1. The van der Waals surface area contributed by atoms with Gasteiger partial charge < -0.3 is 9.84 Å². The zero-order valence-corrected chi connectivity index (χ0v) is 9.54. The zero-order chi connectivity index (χ0) is 10.7. The lowest BCUT2D eigenvalue weighted by Gasteiger charge is -2.13. The third-order valence-electron chi connectivity index (χ3n) is 2.04. The van der Waals surface area contributed by atoms with Gasteiger partial charge in [-0.15, -0.1) is 0 Å². The Balaban J connectivity index is 3.20. The van der Waals surface area contributed by atoms with Gasteiger partial charge in [-0.2, -0.15) is 0 Å². The molecule has 0 saturated heterocycles. The number of rotatable bonds is 3. The van der Waals surface area contributed by atoms with Crippen molar-refractivity contribution in [2.45, 2.75) is 12.8 Å². The Morgan fingerprint density at radius 1 is 1.57 bits per heavy atom. The second kappa shape index (κ2) is 4.46. The molecule has 1 N–H and O–H groups in total. The second-order valence-corrected chi connectivity index (χ2v) is 3.78. The Hall–Kier alpha value is -1.03. The van der Waals surface area contributed by atoms with Gasteiger partial charge in [0.15, 0.2) is 0 Å². The van der Waals surface area contributed by atoms with E-state index in [9.17, 15) is 4.79 Å². The predicted octanol–water partition coefficient (Wildman–Crippen LogP) is 2.65. The number of hydrogen-bond acceptors (Lipinski definition) is 2. The van der Waals surface area contributed by atoms with Crippen LogP contribution in [0.2, 0.25) is 0 Å². The Morgan fingerprint density at radius 3 is 2.71 bits per heavy atom. The van der Waals surface area contributed by atoms with Crippen LogP contribution in [-0.4, -0.2) is 18.2 Å². The van der Waals surface area contributed by atoms with Crippen LogP contribution < -0.4 is 4.74 Å². The number of carboxylic acid groups (broad SMARTS) is 1. The molecule has 0 aromatic heterocycles. The lowest BCUT2D eigenvalue weighted by Crippen LogP contribution is -2.08. The van der Waals surface area contributed by atoms with E-state index in [1.165, 1.54) is 7.11 Å². The number of para-hydroxylation sites is 1. The molecule has 0 radical (unpaired) electrons. The van der Waals surface area contributed by atoms with Crippen LogP contribution in [0.25, 0.3) is 0 Å². The molecular weight excluding hydrogens is 248 g/mol. The highest BCUT2D eigenvalue weighted by Crippen LogP contribution is 2.33. The molecule has 1 aromatic carbocycles. The van der Waals surface area contributed by atoms with Crippen LogP contribution in [0.15, 0.2) is 22.7 Å². The minimum atomic E-state index is -0.860. The lowest BCUT2D eigenvalue weighted by atomic mass is 10.0. The smallest absolute Gasteiger partial charge is 0.310 e. The van der Waals surface area contributed by atoms with Crippen molar-refractivity contribution in [3.63, 3.8) is 0 Å². The SMILES string of the molecule is COc1c(Br)cccc1C(C)C(=O)O. The molecule has 1 unspecified atom stereocenters. The molecule has 4 heteroatoms. The van der Waals surface area contributed by atoms with Gasteiger partial charge in [-0.25, -0.2) is 0 Å². The highest BCUT2D eigenvalue weighted by molar-refractivity contribution is 9.10. The summed E-state index contributed by atoms with van der Waals surface area (Å²) >= 11 is 3.31. The maximum Gasteiger partial charge on any atom is 0.310 e. The first-order valence-electron chi connectivity index (χ1n) is 4.13. The molecule has 0 aliphatic rings. The normalized spacial score (nSPS) is 12.2. The summed E-state index contributed by atoms with van der Waals surface area (Å²) in [4.78, 5) is 10.8. The summed E-state index contributed by atoms with van der Waals surface area (Å²) in [7, 11) is 1.53. The van der Waals surface area contributed by atoms with E-state index in [2.05, 4.69) is 15.9 Å². The van der Waals surface area contributed by atoms with Crippen LogP contribution in [0.4, 0.5) is 0 Å². The fourth-order valence-corrected chi connectivity index (χ4v) is 1.76. The van der Waals surface area contributed by atoms with E-state index in [0.29, 0.717) is 11.3 Å².